The van der Waals surface area contributed by atoms with Gasteiger partial charge in [0.2, 0.25) is 0 Å². The highest BCUT2D eigenvalue weighted by molar-refractivity contribution is 7.47. The fourth-order valence-electron chi connectivity index (χ4n) is 12.0. The van der Waals surface area contributed by atoms with Crippen molar-refractivity contribution in [1.82, 2.24) is 0 Å². The number of hydrogen-bond donors (Lipinski definition) is 3. The van der Waals surface area contributed by atoms with Crippen molar-refractivity contribution in [2.75, 3.05) is 39.6 Å². The van der Waals surface area contributed by atoms with Crippen LogP contribution in [0.25, 0.3) is 0 Å². The SMILES string of the molecule is CCCCCC/C=C\C=C/CCCCCCCC(=O)OC[C@H](COP(=O)(O)OC[C@@H](O)COP(=O)(O)OC[C@@H](COC(=O)CCCCCCCCCCCC(C)C)OC(=O)CCCCCCCCCCCCCCCC)OC(=O)CCCCCCCCCCCCCCCCCCCCC. The normalized spacial score (nSPS) is 14.0. The number of ether oxygens (including phenoxy) is 4. The number of unbranched alkanes of at least 4 members (excludes halogenated alkanes) is 48. The standard InChI is InChI=1S/C81H154O17P2/c1-6-9-12-15-18-21-24-27-30-31-32-33-35-38-41-46-52-57-62-67-81(86)97-76(70-91-78(83)64-59-54-49-44-39-37-34-28-25-22-19-16-13-10-7-2)72-95-99(87,88)93-68-75(82)69-94-100(89,90)96-73-77(71-92-79(84)65-60-55-50-47-42-43-48-53-58-63-74(4)5)98-80(85)66-61-56-51-45-40-36-29-26-23-20-17-14-11-8-3/h22,25,28,34,74-77,82H,6-21,23-24,26-27,29-33,35-73H2,1-5H3,(H,87,88)(H,89,90)/b25-22-,34-28-/t75-,76-,77-/m1/s1. The Balaban J connectivity index is 5.28. The highest BCUT2D eigenvalue weighted by atomic mass is 31.2. The quantitative estimate of drug-likeness (QED) is 0.0169. The van der Waals surface area contributed by atoms with Crippen molar-refractivity contribution in [2.24, 2.45) is 5.92 Å². The van der Waals surface area contributed by atoms with Crippen molar-refractivity contribution >= 4 is 39.5 Å². The van der Waals surface area contributed by atoms with Crippen LogP contribution in [0.5, 0.6) is 0 Å². The average molecular weight is 1460 g/mol. The molecule has 17 nitrogen and oxygen atoms in total. The number of allylic oxidation sites excluding steroid dienone is 4. The molecule has 0 aliphatic carbocycles. The smallest absolute Gasteiger partial charge is 0.462 e. The Kier molecular flexibility index (Phi) is 71.6. The van der Waals surface area contributed by atoms with E-state index < -0.39 is 97.5 Å². The van der Waals surface area contributed by atoms with Gasteiger partial charge in [-0.05, 0) is 57.3 Å². The van der Waals surface area contributed by atoms with Crippen LogP contribution in [0, 0.1) is 5.92 Å². The number of carbonyl (C=O) groups excluding carboxylic acids is 4. The van der Waals surface area contributed by atoms with Crippen LogP contribution in [0.2, 0.25) is 0 Å². The Morgan fingerprint density at radius 2 is 0.540 bits per heavy atom. The van der Waals surface area contributed by atoms with E-state index in [1.165, 1.54) is 212 Å². The molecular weight excluding hydrogens is 1310 g/mol. The zero-order chi connectivity index (χ0) is 73.4. The second-order valence-electron chi connectivity index (χ2n) is 29.0. The fraction of sp³-hybridized carbons (Fsp3) is 0.901. The molecule has 0 aliphatic heterocycles. The van der Waals surface area contributed by atoms with E-state index >= 15 is 0 Å². The van der Waals surface area contributed by atoms with E-state index in [0.717, 1.165) is 115 Å². The predicted molar refractivity (Wildman–Crippen MR) is 409 cm³/mol. The molecule has 0 radical (unpaired) electrons. The van der Waals surface area contributed by atoms with Gasteiger partial charge in [-0.3, -0.25) is 37.3 Å². The van der Waals surface area contributed by atoms with Crippen molar-refractivity contribution in [1.29, 1.82) is 0 Å². The number of hydrogen-bond acceptors (Lipinski definition) is 15. The Morgan fingerprint density at radius 3 is 0.820 bits per heavy atom. The third kappa shape index (κ3) is 73.8. The zero-order valence-corrected chi connectivity index (χ0v) is 66.6. The molecular formula is C81H154O17P2. The van der Waals surface area contributed by atoms with E-state index in [4.69, 9.17) is 37.0 Å². The van der Waals surface area contributed by atoms with Crippen LogP contribution in [-0.2, 0) is 65.4 Å². The molecule has 0 bridgehead atoms. The van der Waals surface area contributed by atoms with Gasteiger partial charge >= 0.3 is 39.5 Å². The number of phosphoric ester groups is 2. The molecule has 19 heteroatoms. The molecule has 590 valence electrons. The van der Waals surface area contributed by atoms with E-state index in [9.17, 15) is 43.2 Å². The molecule has 0 rings (SSSR count). The molecule has 0 fully saturated rings. The van der Waals surface area contributed by atoms with Crippen LogP contribution < -0.4 is 0 Å². The highest BCUT2D eigenvalue weighted by Crippen LogP contribution is 2.45. The van der Waals surface area contributed by atoms with Crippen LogP contribution in [0.3, 0.4) is 0 Å². The number of phosphoric acid groups is 2. The largest absolute Gasteiger partial charge is 0.472 e. The van der Waals surface area contributed by atoms with Gasteiger partial charge in [0.25, 0.3) is 0 Å². The van der Waals surface area contributed by atoms with E-state index in [1.54, 1.807) is 0 Å². The molecule has 0 aromatic carbocycles. The van der Waals surface area contributed by atoms with E-state index in [2.05, 4.69) is 58.9 Å². The van der Waals surface area contributed by atoms with Gasteiger partial charge in [-0.2, -0.15) is 0 Å². The van der Waals surface area contributed by atoms with E-state index in [1.807, 2.05) is 0 Å². The maximum Gasteiger partial charge on any atom is 0.472 e. The second-order valence-corrected chi connectivity index (χ2v) is 31.9. The summed E-state index contributed by atoms with van der Waals surface area (Å²) in [4.78, 5) is 73.0. The Labute approximate surface area is 612 Å². The third-order valence-electron chi connectivity index (χ3n) is 18.4. The summed E-state index contributed by atoms with van der Waals surface area (Å²) in [6.07, 6.45) is 67.3. The van der Waals surface area contributed by atoms with Crippen LogP contribution in [0.4, 0.5) is 0 Å². The average Bonchev–Trinajstić information content (AvgIpc) is 0.971. The van der Waals surface area contributed by atoms with Gasteiger partial charge in [-0.25, -0.2) is 9.13 Å². The fourth-order valence-corrected chi connectivity index (χ4v) is 13.6. The van der Waals surface area contributed by atoms with Crippen LogP contribution in [0.15, 0.2) is 24.3 Å². The van der Waals surface area contributed by atoms with Gasteiger partial charge in [0.15, 0.2) is 12.2 Å². The Hall–Kier alpha value is -2.46. The minimum absolute atomic E-state index is 0.102. The van der Waals surface area contributed by atoms with Crippen LogP contribution in [0.1, 0.15) is 407 Å². The van der Waals surface area contributed by atoms with Gasteiger partial charge in [-0.15, -0.1) is 0 Å². The summed E-state index contributed by atoms with van der Waals surface area (Å²) in [5, 5.41) is 10.6. The third-order valence-corrected chi connectivity index (χ3v) is 20.3. The lowest BCUT2D eigenvalue weighted by Gasteiger charge is -2.21. The number of rotatable bonds is 79. The van der Waals surface area contributed by atoms with Crippen LogP contribution in [-0.4, -0.2) is 96.7 Å². The highest BCUT2D eigenvalue weighted by Gasteiger charge is 2.30. The molecule has 0 aliphatic rings. The maximum absolute atomic E-state index is 13.1. The first-order chi connectivity index (χ1) is 48.5. The molecule has 0 saturated carbocycles. The van der Waals surface area contributed by atoms with Gasteiger partial charge < -0.3 is 33.8 Å². The van der Waals surface area contributed by atoms with Gasteiger partial charge in [0, 0.05) is 25.7 Å². The molecule has 0 aromatic heterocycles. The lowest BCUT2D eigenvalue weighted by molar-refractivity contribution is -0.161. The van der Waals surface area contributed by atoms with Crippen molar-refractivity contribution in [3.63, 3.8) is 0 Å². The molecule has 0 spiro atoms. The topological polar surface area (TPSA) is 237 Å². The molecule has 0 aromatic rings. The first-order valence-electron chi connectivity index (χ1n) is 41.5. The molecule has 5 atom stereocenters. The molecule has 0 heterocycles. The summed E-state index contributed by atoms with van der Waals surface area (Å²) in [6, 6.07) is 0. The molecule has 2 unspecified atom stereocenters. The molecule has 100 heavy (non-hydrogen) atoms. The minimum atomic E-state index is -4.97. The van der Waals surface area contributed by atoms with Crippen molar-refractivity contribution < 1.29 is 80.2 Å². The number of aliphatic hydroxyl groups is 1. The lowest BCUT2D eigenvalue weighted by Crippen LogP contribution is -2.30. The first kappa shape index (κ1) is 97.5. The van der Waals surface area contributed by atoms with E-state index in [-0.39, 0.29) is 25.7 Å². The van der Waals surface area contributed by atoms with Crippen molar-refractivity contribution in [2.45, 2.75) is 425 Å². The molecule has 0 saturated heterocycles. The zero-order valence-electron chi connectivity index (χ0n) is 64.8. The van der Waals surface area contributed by atoms with Crippen molar-refractivity contribution in [3.05, 3.63) is 24.3 Å². The predicted octanol–water partition coefficient (Wildman–Crippen LogP) is 24.0. The van der Waals surface area contributed by atoms with E-state index in [0.29, 0.717) is 25.7 Å². The van der Waals surface area contributed by atoms with Gasteiger partial charge in [0.05, 0.1) is 26.4 Å². The second kappa shape index (κ2) is 73.4. The summed E-state index contributed by atoms with van der Waals surface area (Å²) in [5.74, 6) is -1.39. The molecule has 0 amide bonds. The summed E-state index contributed by atoms with van der Waals surface area (Å²) in [5.41, 5.74) is 0. The lowest BCUT2D eigenvalue weighted by atomic mass is 10.0. The maximum atomic E-state index is 13.1. The first-order valence-corrected chi connectivity index (χ1v) is 44.4. The van der Waals surface area contributed by atoms with Gasteiger partial charge in [-0.1, -0.05) is 354 Å². The van der Waals surface area contributed by atoms with Crippen LogP contribution >= 0.6 is 15.6 Å². The Morgan fingerprint density at radius 1 is 0.310 bits per heavy atom. The summed E-state index contributed by atoms with van der Waals surface area (Å²) < 4.78 is 68.7. The monoisotopic (exact) mass is 1460 g/mol. The Bertz CT molecular complexity index is 2000. The number of carbonyl (C=O) groups is 4. The summed E-state index contributed by atoms with van der Waals surface area (Å²) >= 11 is 0. The summed E-state index contributed by atoms with van der Waals surface area (Å²) in [6.45, 7) is 7.25. The number of esters is 4. The van der Waals surface area contributed by atoms with Gasteiger partial charge in [0.1, 0.15) is 19.3 Å². The summed E-state index contributed by atoms with van der Waals surface area (Å²) in [7, 11) is -9.93. The minimum Gasteiger partial charge on any atom is -0.462 e. The number of aliphatic hydroxyl groups excluding tert-OH is 1. The molecule has 3 N–H and O–H groups in total. The van der Waals surface area contributed by atoms with Crippen molar-refractivity contribution in [3.8, 4) is 0 Å².